The smallest absolute Gasteiger partial charge is 0.226 e. The third-order valence-corrected chi connectivity index (χ3v) is 4.73. The van der Waals surface area contributed by atoms with E-state index in [2.05, 4.69) is 19.9 Å². The van der Waals surface area contributed by atoms with Gasteiger partial charge in [-0.05, 0) is 31.2 Å². The van der Waals surface area contributed by atoms with Gasteiger partial charge in [-0.3, -0.25) is 4.79 Å². The van der Waals surface area contributed by atoms with Gasteiger partial charge in [-0.15, -0.1) is 0 Å². The Bertz CT molecular complexity index is 919. The van der Waals surface area contributed by atoms with Crippen LogP contribution in [0.3, 0.4) is 0 Å². The first-order chi connectivity index (χ1) is 11.9. The molecular weight excluding hydrogens is 334 g/mol. The molecule has 25 heavy (non-hydrogen) atoms. The molecule has 1 aromatic carbocycles. The molecule has 1 amide bonds. The second kappa shape index (κ2) is 7.23. The Balaban J connectivity index is 1.80. The summed E-state index contributed by atoms with van der Waals surface area (Å²) >= 11 is 1.56. The molecule has 0 radical (unpaired) electrons. The molecule has 2 heterocycles. The largest absolute Gasteiger partial charge is 0.330 e. The van der Waals surface area contributed by atoms with E-state index in [0.29, 0.717) is 5.75 Å². The summed E-state index contributed by atoms with van der Waals surface area (Å²) in [4.78, 5) is 25.2. The van der Waals surface area contributed by atoms with Gasteiger partial charge in [0.1, 0.15) is 5.82 Å². The van der Waals surface area contributed by atoms with Gasteiger partial charge in [0.2, 0.25) is 5.91 Å². The van der Waals surface area contributed by atoms with Crippen molar-refractivity contribution in [3.8, 4) is 0 Å². The molecule has 0 unspecified atom stereocenters. The number of amides is 1. The Morgan fingerprint density at radius 2 is 2.08 bits per heavy atom. The number of hydrogen-bond acceptors (Lipinski definition) is 5. The van der Waals surface area contributed by atoms with Gasteiger partial charge >= 0.3 is 0 Å². The number of aryl methyl sites for hydroxylation is 2. The maximum atomic E-state index is 11.9. The summed E-state index contributed by atoms with van der Waals surface area (Å²) in [5.74, 6) is 1.57. The predicted octanol–water partition coefficient (Wildman–Crippen LogP) is 3.56. The zero-order valence-corrected chi connectivity index (χ0v) is 15.6. The highest BCUT2D eigenvalue weighted by Crippen LogP contribution is 2.24. The van der Waals surface area contributed by atoms with Gasteiger partial charge in [0, 0.05) is 30.5 Å². The lowest BCUT2D eigenvalue weighted by Crippen LogP contribution is -2.17. The van der Waals surface area contributed by atoms with Crippen molar-refractivity contribution in [2.24, 2.45) is 13.0 Å². The highest BCUT2D eigenvalue weighted by Gasteiger charge is 2.12. The summed E-state index contributed by atoms with van der Waals surface area (Å²) in [6.07, 6.45) is 1.77. The van der Waals surface area contributed by atoms with Crippen molar-refractivity contribution in [2.45, 2.75) is 31.7 Å². The predicted molar refractivity (Wildman–Crippen MR) is 101 cm³/mol. The van der Waals surface area contributed by atoms with E-state index in [1.807, 2.05) is 52.1 Å². The SMILES string of the molecule is Cc1ccnc(SCc2nc3cc(NC(=O)C(C)C)ccc3n2C)n1. The zero-order chi connectivity index (χ0) is 18.0. The van der Waals surface area contributed by atoms with Crippen molar-refractivity contribution in [1.82, 2.24) is 19.5 Å². The van der Waals surface area contributed by atoms with Crippen molar-refractivity contribution >= 4 is 34.4 Å². The number of carbonyl (C=O) groups is 1. The minimum absolute atomic E-state index is 0.00246. The van der Waals surface area contributed by atoms with E-state index < -0.39 is 0 Å². The molecule has 0 saturated carbocycles. The summed E-state index contributed by atoms with van der Waals surface area (Å²) in [6.45, 7) is 5.70. The fourth-order valence-corrected chi connectivity index (χ4v) is 3.23. The number of anilines is 1. The van der Waals surface area contributed by atoms with Gasteiger partial charge in [0.15, 0.2) is 5.16 Å². The van der Waals surface area contributed by atoms with Crippen LogP contribution in [0.5, 0.6) is 0 Å². The third-order valence-electron chi connectivity index (χ3n) is 3.87. The fraction of sp³-hybridized carbons (Fsp3) is 0.333. The molecule has 0 spiro atoms. The second-order valence-corrected chi connectivity index (χ2v) is 7.15. The number of thioether (sulfide) groups is 1. The highest BCUT2D eigenvalue weighted by atomic mass is 32.2. The summed E-state index contributed by atoms with van der Waals surface area (Å²) in [5.41, 5.74) is 3.62. The summed E-state index contributed by atoms with van der Waals surface area (Å²) in [5, 5.41) is 3.66. The Morgan fingerprint density at radius 1 is 1.28 bits per heavy atom. The Kier molecular flexibility index (Phi) is 5.03. The molecule has 0 aliphatic rings. The normalized spacial score (nSPS) is 11.2. The first kappa shape index (κ1) is 17.4. The van der Waals surface area contributed by atoms with Crippen LogP contribution < -0.4 is 5.32 Å². The molecule has 130 valence electrons. The van der Waals surface area contributed by atoms with Crippen LogP contribution in [0.25, 0.3) is 11.0 Å². The molecule has 0 aliphatic heterocycles. The lowest BCUT2D eigenvalue weighted by Gasteiger charge is -2.07. The van der Waals surface area contributed by atoms with Crippen molar-refractivity contribution < 1.29 is 4.79 Å². The average Bonchev–Trinajstić information content (AvgIpc) is 2.88. The van der Waals surface area contributed by atoms with Gasteiger partial charge < -0.3 is 9.88 Å². The minimum Gasteiger partial charge on any atom is -0.330 e. The third kappa shape index (κ3) is 3.99. The molecule has 6 nitrogen and oxygen atoms in total. The van der Waals surface area contributed by atoms with E-state index in [0.717, 1.165) is 33.4 Å². The summed E-state index contributed by atoms with van der Waals surface area (Å²) < 4.78 is 2.06. The molecule has 0 atom stereocenters. The number of benzene rings is 1. The van der Waals surface area contributed by atoms with Crippen LogP contribution in [-0.4, -0.2) is 25.4 Å². The lowest BCUT2D eigenvalue weighted by atomic mass is 10.2. The topological polar surface area (TPSA) is 72.7 Å². The molecule has 3 rings (SSSR count). The number of carbonyl (C=O) groups excluding carboxylic acids is 1. The minimum atomic E-state index is -0.0549. The van der Waals surface area contributed by atoms with E-state index in [9.17, 15) is 4.79 Å². The molecular formula is C18H21N5OS. The lowest BCUT2D eigenvalue weighted by molar-refractivity contribution is -0.118. The van der Waals surface area contributed by atoms with Gasteiger partial charge in [0.25, 0.3) is 0 Å². The van der Waals surface area contributed by atoms with Crippen molar-refractivity contribution in [3.63, 3.8) is 0 Å². The zero-order valence-electron chi connectivity index (χ0n) is 14.8. The summed E-state index contributed by atoms with van der Waals surface area (Å²) in [7, 11) is 1.99. The average molecular weight is 355 g/mol. The number of fused-ring (bicyclic) bond motifs is 1. The van der Waals surface area contributed by atoms with Crippen LogP contribution in [-0.2, 0) is 17.6 Å². The van der Waals surface area contributed by atoms with Gasteiger partial charge in [-0.25, -0.2) is 15.0 Å². The molecule has 1 N–H and O–H groups in total. The van der Waals surface area contributed by atoms with Gasteiger partial charge in [-0.1, -0.05) is 25.6 Å². The maximum absolute atomic E-state index is 11.9. The first-order valence-corrected chi connectivity index (χ1v) is 9.11. The highest BCUT2D eigenvalue weighted by molar-refractivity contribution is 7.98. The maximum Gasteiger partial charge on any atom is 0.226 e. The van der Waals surface area contributed by atoms with Crippen LogP contribution >= 0.6 is 11.8 Å². The van der Waals surface area contributed by atoms with E-state index >= 15 is 0 Å². The van der Waals surface area contributed by atoms with Crippen LogP contribution in [0.2, 0.25) is 0 Å². The van der Waals surface area contributed by atoms with Crippen molar-refractivity contribution in [3.05, 3.63) is 42.0 Å². The molecule has 0 fully saturated rings. The van der Waals surface area contributed by atoms with Gasteiger partial charge in [0.05, 0.1) is 16.8 Å². The quantitative estimate of drug-likeness (QED) is 0.560. The van der Waals surface area contributed by atoms with Crippen molar-refractivity contribution in [2.75, 3.05) is 5.32 Å². The Labute approximate surface area is 151 Å². The van der Waals surface area contributed by atoms with Crippen LogP contribution in [0, 0.1) is 12.8 Å². The number of nitrogens with zero attached hydrogens (tertiary/aromatic N) is 4. The molecule has 0 aliphatic carbocycles. The second-order valence-electron chi connectivity index (χ2n) is 6.20. The van der Waals surface area contributed by atoms with E-state index in [1.165, 1.54) is 0 Å². The molecule has 2 aromatic heterocycles. The van der Waals surface area contributed by atoms with Crippen LogP contribution in [0.1, 0.15) is 25.4 Å². The molecule has 0 bridgehead atoms. The van der Waals surface area contributed by atoms with E-state index in [-0.39, 0.29) is 11.8 Å². The first-order valence-electron chi connectivity index (χ1n) is 8.12. The number of rotatable bonds is 5. The number of aromatic nitrogens is 4. The Morgan fingerprint density at radius 3 is 2.80 bits per heavy atom. The Hall–Kier alpha value is -2.41. The van der Waals surface area contributed by atoms with Gasteiger partial charge in [-0.2, -0.15) is 0 Å². The fourth-order valence-electron chi connectivity index (χ4n) is 2.37. The number of imidazole rings is 1. The van der Waals surface area contributed by atoms with E-state index in [4.69, 9.17) is 4.98 Å². The standard InChI is InChI=1S/C18H21N5OS/c1-11(2)17(24)21-13-5-6-15-14(9-13)22-16(23(15)4)10-25-18-19-8-7-12(3)20-18/h5-9,11H,10H2,1-4H3,(H,21,24). The summed E-state index contributed by atoms with van der Waals surface area (Å²) in [6, 6.07) is 7.68. The molecule has 0 saturated heterocycles. The number of nitrogens with one attached hydrogen (secondary N) is 1. The van der Waals surface area contributed by atoms with Crippen LogP contribution in [0.15, 0.2) is 35.6 Å². The number of hydrogen-bond donors (Lipinski definition) is 1. The molecule has 3 aromatic rings. The van der Waals surface area contributed by atoms with Crippen LogP contribution in [0.4, 0.5) is 5.69 Å². The van der Waals surface area contributed by atoms with Crippen molar-refractivity contribution in [1.29, 1.82) is 0 Å². The molecule has 7 heteroatoms. The monoisotopic (exact) mass is 355 g/mol. The van der Waals surface area contributed by atoms with E-state index in [1.54, 1.807) is 18.0 Å².